The van der Waals surface area contributed by atoms with Crippen LogP contribution in [0.15, 0.2) is 6.07 Å². The number of carbonyl (C=O) groups excluding carboxylic acids is 1. The summed E-state index contributed by atoms with van der Waals surface area (Å²) in [5.41, 5.74) is 0.801. The molecule has 70 valence electrons. The van der Waals surface area contributed by atoms with E-state index in [1.54, 1.807) is 6.07 Å². The lowest BCUT2D eigenvalue weighted by Crippen LogP contribution is -2.02. The average Bonchev–Trinajstić information content (AvgIpc) is 2.03. The maximum absolute atomic E-state index is 10.1. The molecule has 0 unspecified atom stereocenters. The van der Waals surface area contributed by atoms with Gasteiger partial charge in [-0.05, 0) is 6.92 Å². The second-order valence-electron chi connectivity index (χ2n) is 3.07. The summed E-state index contributed by atoms with van der Waals surface area (Å²) in [6.45, 7) is 6.18. The van der Waals surface area contributed by atoms with Crippen molar-refractivity contribution >= 4 is 6.47 Å². The molecule has 1 aromatic rings. The van der Waals surface area contributed by atoms with Crippen LogP contribution in [0.25, 0.3) is 0 Å². The molecule has 0 N–H and O–H groups in total. The van der Waals surface area contributed by atoms with E-state index in [2.05, 4.69) is 14.7 Å². The topological polar surface area (TPSA) is 52.1 Å². The van der Waals surface area contributed by atoms with Gasteiger partial charge in [0.1, 0.15) is 5.82 Å². The first kappa shape index (κ1) is 9.64. The summed E-state index contributed by atoms with van der Waals surface area (Å²) in [6.07, 6.45) is 0. The van der Waals surface area contributed by atoms with Crippen LogP contribution in [-0.4, -0.2) is 16.4 Å². The Morgan fingerprint density at radius 1 is 1.46 bits per heavy atom. The molecule has 0 amide bonds. The minimum absolute atomic E-state index is 0.230. The highest BCUT2D eigenvalue weighted by molar-refractivity contribution is 5.43. The summed E-state index contributed by atoms with van der Waals surface area (Å²) in [5.74, 6) is 1.23. The summed E-state index contributed by atoms with van der Waals surface area (Å²) < 4.78 is 4.65. The second kappa shape index (κ2) is 3.98. The standard InChI is InChI=1S/C9H12N2O2/c1-6(2)9-10-7(3)4-8(11-9)13-5-12/h4-6H,1-3H3. The minimum Gasteiger partial charge on any atom is -0.410 e. The average molecular weight is 180 g/mol. The Morgan fingerprint density at radius 3 is 2.69 bits per heavy atom. The molecule has 0 atom stereocenters. The van der Waals surface area contributed by atoms with E-state index in [-0.39, 0.29) is 5.92 Å². The van der Waals surface area contributed by atoms with Crippen molar-refractivity contribution in [1.29, 1.82) is 0 Å². The van der Waals surface area contributed by atoms with Gasteiger partial charge in [0, 0.05) is 17.7 Å². The molecule has 0 fully saturated rings. The highest BCUT2D eigenvalue weighted by atomic mass is 16.5. The zero-order chi connectivity index (χ0) is 9.84. The number of ether oxygens (including phenoxy) is 1. The maximum atomic E-state index is 10.1. The third-order valence-corrected chi connectivity index (χ3v) is 1.53. The van der Waals surface area contributed by atoms with Gasteiger partial charge in [0.15, 0.2) is 0 Å². The molecule has 4 nitrogen and oxygen atoms in total. The van der Waals surface area contributed by atoms with Gasteiger partial charge in [-0.3, -0.25) is 4.79 Å². The number of aromatic nitrogens is 2. The number of hydrogen-bond donors (Lipinski definition) is 0. The highest BCUT2D eigenvalue weighted by Crippen LogP contribution is 2.14. The van der Waals surface area contributed by atoms with Gasteiger partial charge < -0.3 is 4.74 Å². The zero-order valence-electron chi connectivity index (χ0n) is 7.94. The molecule has 1 heterocycles. The van der Waals surface area contributed by atoms with Crippen LogP contribution in [0.1, 0.15) is 31.3 Å². The van der Waals surface area contributed by atoms with Crippen LogP contribution in [0.2, 0.25) is 0 Å². The second-order valence-corrected chi connectivity index (χ2v) is 3.07. The lowest BCUT2D eigenvalue weighted by molar-refractivity contribution is -0.120. The van der Waals surface area contributed by atoms with Crippen LogP contribution in [0.4, 0.5) is 0 Å². The van der Waals surface area contributed by atoms with E-state index >= 15 is 0 Å². The summed E-state index contributed by atoms with van der Waals surface area (Å²) in [6, 6.07) is 1.63. The van der Waals surface area contributed by atoms with Gasteiger partial charge in [0.2, 0.25) is 5.88 Å². The van der Waals surface area contributed by atoms with Crippen LogP contribution >= 0.6 is 0 Å². The molecular formula is C9H12N2O2. The van der Waals surface area contributed by atoms with Crippen molar-refractivity contribution in [2.75, 3.05) is 0 Å². The summed E-state index contributed by atoms with van der Waals surface area (Å²) in [4.78, 5) is 18.4. The van der Waals surface area contributed by atoms with Crippen molar-refractivity contribution in [3.63, 3.8) is 0 Å². The van der Waals surface area contributed by atoms with Crippen LogP contribution in [0, 0.1) is 6.92 Å². The van der Waals surface area contributed by atoms with Crippen molar-refractivity contribution in [2.45, 2.75) is 26.7 Å². The molecule has 0 bridgehead atoms. The molecule has 1 rings (SSSR count). The SMILES string of the molecule is Cc1cc(OC=O)nc(C(C)C)n1. The predicted octanol–water partition coefficient (Wildman–Crippen LogP) is 1.44. The summed E-state index contributed by atoms with van der Waals surface area (Å²) >= 11 is 0. The van der Waals surface area contributed by atoms with E-state index in [4.69, 9.17) is 0 Å². The third-order valence-electron chi connectivity index (χ3n) is 1.53. The van der Waals surface area contributed by atoms with Crippen LogP contribution in [0.3, 0.4) is 0 Å². The molecule has 0 aliphatic rings. The smallest absolute Gasteiger partial charge is 0.299 e. The number of hydrogen-bond acceptors (Lipinski definition) is 4. The van der Waals surface area contributed by atoms with E-state index in [1.165, 1.54) is 0 Å². The van der Waals surface area contributed by atoms with E-state index in [0.717, 1.165) is 5.69 Å². The van der Waals surface area contributed by atoms with Crippen LogP contribution < -0.4 is 4.74 Å². The normalized spacial score (nSPS) is 10.2. The van der Waals surface area contributed by atoms with Crippen LogP contribution in [-0.2, 0) is 4.79 Å². The minimum atomic E-state index is 0.230. The van der Waals surface area contributed by atoms with Gasteiger partial charge in [-0.1, -0.05) is 13.8 Å². The summed E-state index contributed by atoms with van der Waals surface area (Å²) in [5, 5.41) is 0. The van der Waals surface area contributed by atoms with Gasteiger partial charge in [0.25, 0.3) is 6.47 Å². The molecule has 0 aromatic carbocycles. The summed E-state index contributed by atoms with van der Waals surface area (Å²) in [7, 11) is 0. The Bertz CT molecular complexity index is 310. The molecule has 1 aromatic heterocycles. The van der Waals surface area contributed by atoms with Gasteiger partial charge in [-0.25, -0.2) is 4.98 Å². The molecular weight excluding hydrogens is 168 g/mol. The first-order valence-electron chi connectivity index (χ1n) is 4.09. The number of nitrogens with zero attached hydrogens (tertiary/aromatic N) is 2. The first-order chi connectivity index (χ1) is 6.13. The van der Waals surface area contributed by atoms with Gasteiger partial charge in [-0.15, -0.1) is 0 Å². The number of carbonyl (C=O) groups is 1. The Morgan fingerprint density at radius 2 is 2.15 bits per heavy atom. The van der Waals surface area contributed by atoms with Crippen molar-refractivity contribution in [1.82, 2.24) is 9.97 Å². The zero-order valence-corrected chi connectivity index (χ0v) is 7.94. The van der Waals surface area contributed by atoms with Crippen molar-refractivity contribution in [3.05, 3.63) is 17.6 Å². The lowest BCUT2D eigenvalue weighted by atomic mass is 10.2. The first-order valence-corrected chi connectivity index (χ1v) is 4.09. The molecule has 0 spiro atoms. The fourth-order valence-corrected chi connectivity index (χ4v) is 0.930. The van der Waals surface area contributed by atoms with Gasteiger partial charge in [0.05, 0.1) is 0 Å². The van der Waals surface area contributed by atoms with Gasteiger partial charge >= 0.3 is 0 Å². The molecule has 0 saturated carbocycles. The monoisotopic (exact) mass is 180 g/mol. The fraction of sp³-hybridized carbons (Fsp3) is 0.444. The number of rotatable bonds is 3. The third kappa shape index (κ3) is 2.50. The van der Waals surface area contributed by atoms with Gasteiger partial charge in [-0.2, -0.15) is 4.98 Å². The van der Waals surface area contributed by atoms with E-state index in [9.17, 15) is 4.79 Å². The lowest BCUT2D eigenvalue weighted by Gasteiger charge is -2.05. The Kier molecular flexibility index (Phi) is 2.95. The molecule has 0 aliphatic heterocycles. The largest absolute Gasteiger partial charge is 0.410 e. The maximum Gasteiger partial charge on any atom is 0.299 e. The quantitative estimate of drug-likeness (QED) is 0.660. The van der Waals surface area contributed by atoms with E-state index in [0.29, 0.717) is 18.2 Å². The van der Waals surface area contributed by atoms with Crippen molar-refractivity contribution in [2.24, 2.45) is 0 Å². The fourth-order valence-electron chi connectivity index (χ4n) is 0.930. The van der Waals surface area contributed by atoms with Crippen molar-refractivity contribution < 1.29 is 9.53 Å². The molecule has 13 heavy (non-hydrogen) atoms. The number of aryl methyl sites for hydroxylation is 1. The van der Waals surface area contributed by atoms with E-state index in [1.807, 2.05) is 20.8 Å². The Labute approximate surface area is 77.0 Å². The van der Waals surface area contributed by atoms with Crippen LogP contribution in [0.5, 0.6) is 5.88 Å². The van der Waals surface area contributed by atoms with Crippen molar-refractivity contribution in [3.8, 4) is 5.88 Å². The molecule has 0 aliphatic carbocycles. The Hall–Kier alpha value is -1.45. The molecule has 4 heteroatoms. The molecule has 0 radical (unpaired) electrons. The molecule has 0 saturated heterocycles. The predicted molar refractivity (Wildman–Crippen MR) is 47.6 cm³/mol. The highest BCUT2D eigenvalue weighted by Gasteiger charge is 2.06. The Balaban J connectivity index is 3.03. The van der Waals surface area contributed by atoms with E-state index < -0.39 is 0 Å².